The second-order valence-electron chi connectivity index (χ2n) is 2.30. The fourth-order valence-electron chi connectivity index (χ4n) is 0.770. The first-order chi connectivity index (χ1) is 6.38. The molecule has 14 heavy (non-hydrogen) atoms. The molecule has 0 unspecified atom stereocenters. The van der Waals surface area contributed by atoms with E-state index in [-0.39, 0.29) is 4.90 Å². The van der Waals surface area contributed by atoms with Gasteiger partial charge in [0.25, 0.3) is 0 Å². The van der Waals surface area contributed by atoms with Gasteiger partial charge in [0.2, 0.25) is 0 Å². The summed E-state index contributed by atoms with van der Waals surface area (Å²) >= 11 is 0. The lowest BCUT2D eigenvalue weighted by molar-refractivity contribution is -0.274. The van der Waals surface area contributed by atoms with E-state index in [1.54, 1.807) is 0 Å². The number of benzene rings is 1. The van der Waals surface area contributed by atoms with Gasteiger partial charge in [0.15, 0.2) is 10.7 Å². The van der Waals surface area contributed by atoms with Crippen molar-refractivity contribution in [1.29, 1.82) is 0 Å². The highest BCUT2D eigenvalue weighted by Gasteiger charge is 2.30. The third kappa shape index (κ3) is 3.25. The molecule has 0 aliphatic carbocycles. The summed E-state index contributed by atoms with van der Waals surface area (Å²) in [6.45, 7) is 0. The summed E-state index contributed by atoms with van der Waals surface area (Å²) < 4.78 is 59.3. The van der Waals surface area contributed by atoms with Crippen LogP contribution < -0.4 is 4.74 Å². The molecular formula is C7H5F3O3S. The monoisotopic (exact) mass is 226 g/mol. The summed E-state index contributed by atoms with van der Waals surface area (Å²) in [7, 11) is -2.78. The molecule has 0 aliphatic rings. The number of halogens is 3. The molecule has 0 heterocycles. The Hall–Kier alpha value is -1.24. The number of ether oxygens (including phenoxy) is 1. The molecule has 0 amide bonds. The van der Waals surface area contributed by atoms with Crippen LogP contribution in [-0.4, -0.2) is 14.8 Å². The lowest BCUT2D eigenvalue weighted by Gasteiger charge is -2.07. The second kappa shape index (κ2) is 3.87. The van der Waals surface area contributed by atoms with E-state index in [2.05, 4.69) is 4.74 Å². The van der Waals surface area contributed by atoms with Gasteiger partial charge in [0.1, 0.15) is 5.75 Å². The fourth-order valence-corrected chi connectivity index (χ4v) is 1.16. The number of hydrogen-bond donors (Lipinski definition) is 1. The molecule has 0 radical (unpaired) electrons. The first-order valence-corrected chi connectivity index (χ1v) is 4.56. The molecule has 0 atom stereocenters. The zero-order valence-corrected chi connectivity index (χ0v) is 7.51. The Kier molecular flexibility index (Phi) is 3.00. The second-order valence-corrected chi connectivity index (χ2v) is 3.33. The van der Waals surface area contributed by atoms with Crippen molar-refractivity contribution in [3.8, 4) is 5.75 Å². The van der Waals surface area contributed by atoms with E-state index in [9.17, 15) is 21.6 Å². The predicted octanol–water partition coefficient (Wildman–Crippen LogP) is 1.56. The van der Waals surface area contributed by atoms with Crippen LogP contribution in [0.15, 0.2) is 29.2 Å². The van der Waals surface area contributed by atoms with Gasteiger partial charge in [-0.3, -0.25) is 0 Å². The van der Waals surface area contributed by atoms with Gasteiger partial charge in [-0.1, -0.05) is 0 Å². The van der Waals surface area contributed by atoms with Crippen LogP contribution in [0.2, 0.25) is 0 Å². The van der Waals surface area contributed by atoms with Gasteiger partial charge < -0.3 is 4.74 Å². The molecule has 1 aromatic carbocycles. The number of rotatable bonds is 2. The van der Waals surface area contributed by atoms with Gasteiger partial charge in [-0.25, -0.2) is 8.42 Å². The van der Waals surface area contributed by atoms with Gasteiger partial charge >= 0.3 is 6.36 Å². The lowest BCUT2D eigenvalue weighted by atomic mass is 10.3. The minimum atomic E-state index is -4.76. The Balaban J connectivity index is 2.84. The molecule has 0 N–H and O–H groups in total. The van der Waals surface area contributed by atoms with Crippen LogP contribution in [0.25, 0.3) is 0 Å². The van der Waals surface area contributed by atoms with E-state index in [0.29, 0.717) is 0 Å². The molecule has 78 valence electrons. The third-order valence-corrected chi connectivity index (χ3v) is 2.00. The fraction of sp³-hybridized carbons (Fsp3) is 0.143. The highest BCUT2D eigenvalue weighted by molar-refractivity contribution is 7.72. The summed E-state index contributed by atoms with van der Waals surface area (Å²) in [6.07, 6.45) is -4.76. The smallest absolute Gasteiger partial charge is 0.406 e. The Morgan fingerprint density at radius 1 is 1.07 bits per heavy atom. The van der Waals surface area contributed by atoms with E-state index in [1.807, 2.05) is 0 Å². The first-order valence-electron chi connectivity index (χ1n) is 3.39. The normalized spacial score (nSPS) is 11.7. The van der Waals surface area contributed by atoms with Crippen molar-refractivity contribution in [1.82, 2.24) is 0 Å². The average molecular weight is 226 g/mol. The van der Waals surface area contributed by atoms with Crippen LogP contribution >= 0.6 is 0 Å². The van der Waals surface area contributed by atoms with Crippen molar-refractivity contribution in [3.63, 3.8) is 0 Å². The van der Waals surface area contributed by atoms with Crippen molar-refractivity contribution in [2.45, 2.75) is 11.3 Å². The molecule has 1 rings (SSSR count). The molecule has 0 spiro atoms. The van der Waals surface area contributed by atoms with Crippen molar-refractivity contribution < 1.29 is 26.3 Å². The van der Waals surface area contributed by atoms with E-state index >= 15 is 0 Å². The zero-order chi connectivity index (χ0) is 10.8. The molecule has 7 heteroatoms. The summed E-state index contributed by atoms with van der Waals surface area (Å²) in [5.74, 6) is -0.446. The topological polar surface area (TPSA) is 43.4 Å². The number of hydrogen-bond acceptors (Lipinski definition) is 3. The molecule has 0 aliphatic heterocycles. The quantitative estimate of drug-likeness (QED) is 0.778. The summed E-state index contributed by atoms with van der Waals surface area (Å²) in [6, 6.07) is 3.95. The Morgan fingerprint density at radius 3 is 1.93 bits per heavy atom. The molecule has 0 aromatic heterocycles. The van der Waals surface area contributed by atoms with Gasteiger partial charge in [0.05, 0.1) is 4.90 Å². The molecular weight excluding hydrogens is 221 g/mol. The summed E-state index contributed by atoms with van der Waals surface area (Å²) in [4.78, 5) is -0.0606. The van der Waals surface area contributed by atoms with E-state index in [1.165, 1.54) is 0 Å². The predicted molar refractivity (Wildman–Crippen MR) is 41.7 cm³/mol. The summed E-state index contributed by atoms with van der Waals surface area (Å²) in [5, 5.41) is 0. The van der Waals surface area contributed by atoms with Crippen LogP contribution in [0.5, 0.6) is 5.75 Å². The highest BCUT2D eigenvalue weighted by Crippen LogP contribution is 2.22. The maximum absolute atomic E-state index is 11.7. The summed E-state index contributed by atoms with van der Waals surface area (Å²) in [5.41, 5.74) is 0. The van der Waals surface area contributed by atoms with Crippen LogP contribution in [0.4, 0.5) is 13.2 Å². The Bertz CT molecular complexity index is 372. The maximum Gasteiger partial charge on any atom is 0.573 e. The minimum Gasteiger partial charge on any atom is -0.406 e. The SMILES string of the molecule is O=[SH](=O)c1ccc(OC(F)(F)F)cc1. The maximum atomic E-state index is 11.7. The van der Waals surface area contributed by atoms with Gasteiger partial charge in [0, 0.05) is 0 Å². The van der Waals surface area contributed by atoms with Crippen molar-refractivity contribution in [3.05, 3.63) is 24.3 Å². The number of thiol groups is 1. The number of alkyl halides is 3. The van der Waals surface area contributed by atoms with Crippen molar-refractivity contribution in [2.75, 3.05) is 0 Å². The van der Waals surface area contributed by atoms with Crippen LogP contribution in [0.3, 0.4) is 0 Å². The highest BCUT2D eigenvalue weighted by atomic mass is 32.2. The van der Waals surface area contributed by atoms with Crippen LogP contribution in [0, 0.1) is 0 Å². The third-order valence-electron chi connectivity index (χ3n) is 1.28. The Labute approximate surface area is 79.1 Å². The van der Waals surface area contributed by atoms with Crippen molar-refractivity contribution in [2.24, 2.45) is 0 Å². The standard InChI is InChI=1S/C7H5F3O3S/c8-7(9,10)13-5-1-3-6(4-2-5)14(11)12/h1-4,14H. The van der Waals surface area contributed by atoms with E-state index < -0.39 is 22.8 Å². The van der Waals surface area contributed by atoms with Crippen LogP contribution in [0.1, 0.15) is 0 Å². The molecule has 0 fully saturated rings. The van der Waals surface area contributed by atoms with Gasteiger partial charge in [-0.2, -0.15) is 0 Å². The molecule has 1 aromatic rings. The van der Waals surface area contributed by atoms with Gasteiger partial charge in [-0.15, -0.1) is 13.2 Å². The Morgan fingerprint density at radius 2 is 1.57 bits per heavy atom. The first kappa shape index (κ1) is 10.8. The van der Waals surface area contributed by atoms with Gasteiger partial charge in [-0.05, 0) is 24.3 Å². The molecule has 0 bridgehead atoms. The lowest BCUT2D eigenvalue weighted by Crippen LogP contribution is -2.16. The molecule has 3 nitrogen and oxygen atoms in total. The molecule has 0 saturated heterocycles. The molecule has 0 saturated carbocycles. The average Bonchev–Trinajstić information content (AvgIpc) is 2.02. The van der Waals surface area contributed by atoms with Crippen molar-refractivity contribution >= 4 is 10.7 Å². The zero-order valence-electron chi connectivity index (χ0n) is 6.62. The van der Waals surface area contributed by atoms with E-state index in [4.69, 9.17) is 0 Å². The van der Waals surface area contributed by atoms with E-state index in [0.717, 1.165) is 24.3 Å². The minimum absolute atomic E-state index is 0.0606. The largest absolute Gasteiger partial charge is 0.573 e. The van der Waals surface area contributed by atoms with Crippen LogP contribution in [-0.2, 0) is 10.7 Å².